The quantitative estimate of drug-likeness (QED) is 0.323. The highest BCUT2D eigenvalue weighted by molar-refractivity contribution is 7.79. The molecule has 8 N–H and O–H groups in total. The SMILES string of the molecule is C=CCOCCC.N.N.O=S(=O)(O)O. The molecular formula is C6H20N2O5S. The molecule has 7 nitrogen and oxygen atoms in total. The van der Waals surface area contributed by atoms with Crippen LogP contribution in [0.15, 0.2) is 12.7 Å². The van der Waals surface area contributed by atoms with Crippen molar-refractivity contribution in [1.29, 1.82) is 0 Å². The van der Waals surface area contributed by atoms with Gasteiger partial charge in [0.2, 0.25) is 0 Å². The van der Waals surface area contributed by atoms with Gasteiger partial charge >= 0.3 is 10.4 Å². The lowest BCUT2D eigenvalue weighted by Gasteiger charge is -1.92. The molecular weight excluding hydrogens is 212 g/mol. The van der Waals surface area contributed by atoms with Crippen LogP contribution in [0.3, 0.4) is 0 Å². The van der Waals surface area contributed by atoms with E-state index in [4.69, 9.17) is 22.3 Å². The Morgan fingerprint density at radius 1 is 1.36 bits per heavy atom. The van der Waals surface area contributed by atoms with Crippen molar-refractivity contribution in [3.63, 3.8) is 0 Å². The van der Waals surface area contributed by atoms with E-state index in [0.717, 1.165) is 13.0 Å². The molecule has 0 aliphatic heterocycles. The molecule has 0 fully saturated rings. The summed E-state index contributed by atoms with van der Waals surface area (Å²) < 4.78 is 36.6. The molecule has 0 aromatic carbocycles. The molecule has 0 amide bonds. The number of hydrogen-bond donors (Lipinski definition) is 4. The van der Waals surface area contributed by atoms with Crippen LogP contribution in [0.4, 0.5) is 0 Å². The lowest BCUT2D eigenvalue weighted by atomic mass is 10.5. The van der Waals surface area contributed by atoms with Crippen molar-refractivity contribution in [2.24, 2.45) is 0 Å². The summed E-state index contributed by atoms with van der Waals surface area (Å²) in [4.78, 5) is 0. The summed E-state index contributed by atoms with van der Waals surface area (Å²) in [6, 6.07) is 0. The Labute approximate surface area is 84.9 Å². The third-order valence-electron chi connectivity index (χ3n) is 0.584. The summed E-state index contributed by atoms with van der Waals surface area (Å²) in [5, 5.41) is 0. The van der Waals surface area contributed by atoms with Crippen LogP contribution in [0.1, 0.15) is 13.3 Å². The van der Waals surface area contributed by atoms with Gasteiger partial charge in [-0.1, -0.05) is 13.0 Å². The van der Waals surface area contributed by atoms with E-state index in [1.54, 1.807) is 6.08 Å². The summed E-state index contributed by atoms with van der Waals surface area (Å²) in [5.41, 5.74) is 0. The summed E-state index contributed by atoms with van der Waals surface area (Å²) in [6.45, 7) is 7.14. The first-order valence-corrected chi connectivity index (χ1v) is 4.70. The van der Waals surface area contributed by atoms with Gasteiger partial charge in [-0.2, -0.15) is 8.42 Å². The van der Waals surface area contributed by atoms with Crippen molar-refractivity contribution in [3.8, 4) is 0 Å². The van der Waals surface area contributed by atoms with Crippen molar-refractivity contribution >= 4 is 10.4 Å². The molecule has 90 valence electrons. The lowest BCUT2D eigenvalue weighted by Crippen LogP contribution is -1.90. The fourth-order valence-electron chi connectivity index (χ4n) is 0.311. The Morgan fingerprint density at radius 3 is 1.93 bits per heavy atom. The van der Waals surface area contributed by atoms with E-state index in [9.17, 15) is 0 Å². The van der Waals surface area contributed by atoms with Gasteiger partial charge < -0.3 is 17.0 Å². The maximum absolute atomic E-state index is 8.74. The van der Waals surface area contributed by atoms with Crippen molar-refractivity contribution in [2.45, 2.75) is 13.3 Å². The molecule has 14 heavy (non-hydrogen) atoms. The molecule has 0 atom stereocenters. The third kappa shape index (κ3) is 104. The molecule has 8 heteroatoms. The molecule has 0 aliphatic rings. The first-order valence-electron chi connectivity index (χ1n) is 3.30. The van der Waals surface area contributed by atoms with Gasteiger partial charge in [0.15, 0.2) is 0 Å². The zero-order valence-electron chi connectivity index (χ0n) is 8.35. The molecule has 0 radical (unpaired) electrons. The average molecular weight is 232 g/mol. The maximum Gasteiger partial charge on any atom is 0.394 e. The van der Waals surface area contributed by atoms with E-state index >= 15 is 0 Å². The predicted molar refractivity (Wildman–Crippen MR) is 55.5 cm³/mol. The highest BCUT2D eigenvalue weighted by Gasteiger charge is 1.84. The largest absolute Gasteiger partial charge is 0.394 e. The summed E-state index contributed by atoms with van der Waals surface area (Å²) in [5.74, 6) is 0. The Morgan fingerprint density at radius 2 is 1.71 bits per heavy atom. The van der Waals surface area contributed by atoms with Crippen LogP contribution in [0.5, 0.6) is 0 Å². The minimum atomic E-state index is -4.67. The number of hydrogen-bond acceptors (Lipinski definition) is 5. The van der Waals surface area contributed by atoms with Crippen LogP contribution < -0.4 is 12.3 Å². The van der Waals surface area contributed by atoms with E-state index in [0.29, 0.717) is 6.61 Å². The minimum absolute atomic E-state index is 0. The fourth-order valence-corrected chi connectivity index (χ4v) is 0.311. The lowest BCUT2D eigenvalue weighted by molar-refractivity contribution is 0.163. The normalized spacial score (nSPS) is 8.50. The molecule has 0 saturated heterocycles. The van der Waals surface area contributed by atoms with Crippen molar-refractivity contribution in [1.82, 2.24) is 12.3 Å². The maximum atomic E-state index is 8.74. The van der Waals surface area contributed by atoms with Crippen LogP contribution in [0, 0.1) is 0 Å². The predicted octanol–water partition coefficient (Wildman–Crippen LogP) is 1.27. The van der Waals surface area contributed by atoms with Crippen LogP contribution in [0.25, 0.3) is 0 Å². The van der Waals surface area contributed by atoms with Gasteiger partial charge in [-0.3, -0.25) is 9.11 Å². The van der Waals surface area contributed by atoms with E-state index in [-0.39, 0.29) is 12.3 Å². The zero-order valence-corrected chi connectivity index (χ0v) is 9.16. The van der Waals surface area contributed by atoms with Gasteiger partial charge in [-0.15, -0.1) is 6.58 Å². The fraction of sp³-hybridized carbons (Fsp3) is 0.667. The smallest absolute Gasteiger partial charge is 0.377 e. The molecule has 0 bridgehead atoms. The second-order valence-electron chi connectivity index (χ2n) is 1.81. The van der Waals surface area contributed by atoms with Crippen molar-refractivity contribution < 1.29 is 22.3 Å². The molecule has 0 saturated carbocycles. The second kappa shape index (κ2) is 15.0. The number of ether oxygens (including phenoxy) is 1. The molecule has 0 aromatic heterocycles. The van der Waals surface area contributed by atoms with Crippen molar-refractivity contribution in [3.05, 3.63) is 12.7 Å². The van der Waals surface area contributed by atoms with Crippen LogP contribution in [-0.2, 0) is 15.1 Å². The topological polar surface area (TPSA) is 154 Å². The van der Waals surface area contributed by atoms with Gasteiger partial charge in [0.05, 0.1) is 6.61 Å². The summed E-state index contributed by atoms with van der Waals surface area (Å²) in [6.07, 6.45) is 2.85. The van der Waals surface area contributed by atoms with E-state index < -0.39 is 10.4 Å². The Balaban J connectivity index is -0.0000000651. The van der Waals surface area contributed by atoms with Crippen LogP contribution in [-0.4, -0.2) is 30.7 Å². The molecule has 0 heterocycles. The Kier molecular flexibility index (Phi) is 25.0. The van der Waals surface area contributed by atoms with E-state index in [1.165, 1.54) is 0 Å². The summed E-state index contributed by atoms with van der Waals surface area (Å²) >= 11 is 0. The highest BCUT2D eigenvalue weighted by atomic mass is 32.3. The molecule has 0 aromatic rings. The Bertz CT molecular complexity index is 184. The zero-order chi connectivity index (χ0) is 10.0. The second-order valence-corrected chi connectivity index (χ2v) is 2.71. The number of rotatable bonds is 4. The molecule has 0 unspecified atom stereocenters. The molecule has 0 aliphatic carbocycles. The molecule has 0 rings (SSSR count). The average Bonchev–Trinajstić information content (AvgIpc) is 1.85. The van der Waals surface area contributed by atoms with E-state index in [1.807, 2.05) is 0 Å². The van der Waals surface area contributed by atoms with Gasteiger partial charge in [0.25, 0.3) is 0 Å². The molecule has 0 spiro atoms. The summed E-state index contributed by atoms with van der Waals surface area (Å²) in [7, 11) is -4.67. The minimum Gasteiger partial charge on any atom is -0.377 e. The third-order valence-corrected chi connectivity index (χ3v) is 0.584. The van der Waals surface area contributed by atoms with Crippen molar-refractivity contribution in [2.75, 3.05) is 13.2 Å². The first kappa shape index (κ1) is 23.4. The standard InChI is InChI=1S/C6H12O.2H3N.H2O4S/c1-3-5-7-6-4-2;;;1-5(2,3)4/h3H,1,4-6H2,2H3;2*1H3;(H2,1,2,3,4). The van der Waals surface area contributed by atoms with Gasteiger partial charge in [0.1, 0.15) is 0 Å². The van der Waals surface area contributed by atoms with E-state index in [2.05, 4.69) is 13.5 Å². The monoisotopic (exact) mass is 232 g/mol. The van der Waals surface area contributed by atoms with Crippen LogP contribution in [0.2, 0.25) is 0 Å². The van der Waals surface area contributed by atoms with Gasteiger partial charge in [-0.05, 0) is 6.42 Å². The van der Waals surface area contributed by atoms with Crippen LogP contribution >= 0.6 is 0 Å². The Hall–Kier alpha value is -0.510. The van der Waals surface area contributed by atoms with Gasteiger partial charge in [-0.25, -0.2) is 0 Å². The highest BCUT2D eigenvalue weighted by Crippen LogP contribution is 1.77. The van der Waals surface area contributed by atoms with Gasteiger partial charge in [0, 0.05) is 6.61 Å². The first-order chi connectivity index (χ1) is 5.41.